The molecule has 4 saturated carbocycles. The predicted octanol–water partition coefficient (Wildman–Crippen LogP) is 10.1. The molecule has 1 aromatic heterocycles. The lowest BCUT2D eigenvalue weighted by atomic mass is 9.35. The number of nitrogens with zero attached hydrogens (tertiary/aromatic N) is 2. The number of carboxylic acid groups (broad SMARTS) is 1. The largest absolute Gasteiger partial charge is 0.481 e. The van der Waals surface area contributed by atoms with E-state index in [-0.39, 0.29) is 17.6 Å². The highest BCUT2D eigenvalue weighted by atomic mass is 32.2. The number of aliphatic carboxylic acids is 1. The maximum absolute atomic E-state index is 12.7. The van der Waals surface area contributed by atoms with Gasteiger partial charge in [0.1, 0.15) is 12.0 Å². The number of carboxylic acids is 1. The van der Waals surface area contributed by atoms with E-state index >= 15 is 0 Å². The average molecular weight is 776 g/mol. The van der Waals surface area contributed by atoms with Crippen LogP contribution in [0.5, 0.6) is 5.19 Å². The van der Waals surface area contributed by atoms with E-state index in [1.54, 1.807) is 6.20 Å². The zero-order chi connectivity index (χ0) is 38.1. The molecule has 1 aliphatic heterocycles. The number of ether oxygens (including phenoxy) is 1. The van der Waals surface area contributed by atoms with E-state index in [4.69, 9.17) is 4.74 Å². The Morgan fingerprint density at radius 1 is 1.02 bits per heavy atom. The van der Waals surface area contributed by atoms with Crippen LogP contribution in [-0.2, 0) is 4.79 Å². The van der Waals surface area contributed by atoms with Gasteiger partial charge >= 0.3 is 5.97 Å². The third kappa shape index (κ3) is 6.33. The van der Waals surface area contributed by atoms with Gasteiger partial charge in [0.15, 0.2) is 0 Å². The molecule has 0 spiro atoms. The fraction of sp³-hybridized carbons (Fsp3) is 0.783. The first-order chi connectivity index (χ1) is 25.7. The zero-order valence-corrected chi connectivity index (χ0v) is 35.9. The lowest BCUT2D eigenvalue weighted by Crippen LogP contribution is -2.67. The van der Waals surface area contributed by atoms with Gasteiger partial charge in [0, 0.05) is 54.8 Å². The normalized spacial score (nSPS) is 43.1. The smallest absolute Gasteiger partial charge is 0.313 e. The molecule has 0 radical (unpaired) electrons. The SMILES string of the molecule is C=C(C)[C@@H]1CC[C@]2(NCCN3CCSCC3)CC[C@]3(C)[C@H](CC[C@@H]4[C@@H]5[C@@H](CC[C@]43C)C(C)(C)C(C3=CCC(COc4nccs4)(C(=O)O)CC3)=C[C@@H]5C)[C@@H]12. The molecule has 8 heteroatoms. The molecule has 298 valence electrons. The Bertz CT molecular complexity index is 1630. The van der Waals surface area contributed by atoms with Gasteiger partial charge in [-0.3, -0.25) is 4.79 Å². The Balaban J connectivity index is 1.02. The Morgan fingerprint density at radius 2 is 1.78 bits per heavy atom. The molecule has 6 aliphatic carbocycles. The molecule has 0 bridgehead atoms. The van der Waals surface area contributed by atoms with Gasteiger partial charge in [0.05, 0.1) is 0 Å². The van der Waals surface area contributed by atoms with Crippen LogP contribution in [0, 0.1) is 63.1 Å². The molecular formula is C46H69N3O3S2. The number of fused-ring (bicyclic) bond motifs is 7. The first-order valence-electron chi connectivity index (χ1n) is 21.6. The van der Waals surface area contributed by atoms with E-state index < -0.39 is 11.4 Å². The van der Waals surface area contributed by atoms with Crippen LogP contribution >= 0.6 is 23.1 Å². The maximum Gasteiger partial charge on any atom is 0.313 e. The number of hydrogen-bond acceptors (Lipinski definition) is 7. The van der Waals surface area contributed by atoms with Gasteiger partial charge in [-0.05, 0) is 146 Å². The number of carbonyl (C=O) groups is 1. The first kappa shape index (κ1) is 39.2. The van der Waals surface area contributed by atoms with Crippen LogP contribution in [0.25, 0.3) is 0 Å². The summed E-state index contributed by atoms with van der Waals surface area (Å²) in [6.45, 7) is 25.1. The van der Waals surface area contributed by atoms with Crippen molar-refractivity contribution in [1.82, 2.24) is 15.2 Å². The predicted molar refractivity (Wildman–Crippen MR) is 224 cm³/mol. The summed E-state index contributed by atoms with van der Waals surface area (Å²) in [6.07, 6.45) is 19.3. The number of aromatic nitrogens is 1. The zero-order valence-electron chi connectivity index (χ0n) is 34.3. The van der Waals surface area contributed by atoms with E-state index in [0.29, 0.717) is 58.5 Å². The number of rotatable bonds is 10. The summed E-state index contributed by atoms with van der Waals surface area (Å²) in [5, 5.41) is 17.2. The lowest BCUT2D eigenvalue weighted by molar-refractivity contribution is -0.201. The minimum Gasteiger partial charge on any atom is -0.481 e. The molecule has 0 aromatic carbocycles. The molecular weight excluding hydrogens is 707 g/mol. The molecule has 0 amide bonds. The van der Waals surface area contributed by atoms with Crippen molar-refractivity contribution in [3.63, 3.8) is 0 Å². The van der Waals surface area contributed by atoms with Crippen molar-refractivity contribution >= 4 is 29.1 Å². The second-order valence-electron chi connectivity index (χ2n) is 20.2. The number of thioether (sulfide) groups is 1. The van der Waals surface area contributed by atoms with E-state index in [9.17, 15) is 9.90 Å². The van der Waals surface area contributed by atoms with Crippen LogP contribution in [0.1, 0.15) is 112 Å². The van der Waals surface area contributed by atoms with E-state index in [2.05, 4.69) is 87.2 Å². The monoisotopic (exact) mass is 775 g/mol. The molecule has 5 fully saturated rings. The van der Waals surface area contributed by atoms with Crippen molar-refractivity contribution in [2.75, 3.05) is 44.3 Å². The molecule has 2 N–H and O–H groups in total. The quantitative estimate of drug-likeness (QED) is 0.229. The summed E-state index contributed by atoms with van der Waals surface area (Å²) < 4.78 is 5.92. The molecule has 2 heterocycles. The van der Waals surface area contributed by atoms with Gasteiger partial charge in [-0.25, -0.2) is 4.98 Å². The molecule has 54 heavy (non-hydrogen) atoms. The summed E-state index contributed by atoms with van der Waals surface area (Å²) in [7, 11) is 0. The van der Waals surface area contributed by atoms with Crippen LogP contribution in [-0.4, -0.2) is 70.8 Å². The second kappa shape index (κ2) is 14.6. The van der Waals surface area contributed by atoms with E-state index in [0.717, 1.165) is 24.8 Å². The summed E-state index contributed by atoms with van der Waals surface area (Å²) in [6, 6.07) is 0. The molecule has 1 saturated heterocycles. The van der Waals surface area contributed by atoms with E-state index in [1.807, 2.05) is 5.38 Å². The van der Waals surface area contributed by atoms with Crippen molar-refractivity contribution in [3.05, 3.63) is 47.0 Å². The van der Waals surface area contributed by atoms with Gasteiger partial charge in [-0.2, -0.15) is 11.8 Å². The third-order valence-corrected chi connectivity index (χ3v) is 19.3. The van der Waals surface area contributed by atoms with Crippen LogP contribution in [0.4, 0.5) is 0 Å². The molecule has 1 unspecified atom stereocenters. The average Bonchev–Trinajstić information content (AvgIpc) is 3.82. The highest BCUT2D eigenvalue weighted by molar-refractivity contribution is 7.99. The molecule has 7 aliphatic rings. The Labute approximate surface area is 334 Å². The minimum absolute atomic E-state index is 0.0673. The summed E-state index contributed by atoms with van der Waals surface area (Å²) in [5.74, 6) is 6.54. The summed E-state index contributed by atoms with van der Waals surface area (Å²) in [4.78, 5) is 19.6. The minimum atomic E-state index is -0.897. The Hall–Kier alpha value is -1.61. The fourth-order valence-corrected chi connectivity index (χ4v) is 16.0. The van der Waals surface area contributed by atoms with Crippen LogP contribution in [0.3, 0.4) is 0 Å². The van der Waals surface area contributed by atoms with Crippen LogP contribution in [0.2, 0.25) is 0 Å². The van der Waals surface area contributed by atoms with Crippen molar-refractivity contribution in [2.45, 2.75) is 118 Å². The molecule has 6 nitrogen and oxygen atoms in total. The molecule has 11 atom stereocenters. The summed E-state index contributed by atoms with van der Waals surface area (Å²) >= 11 is 3.53. The molecule has 8 rings (SSSR count). The highest BCUT2D eigenvalue weighted by Crippen LogP contribution is 2.74. The standard InChI is InChI=1S/C46H69N3O3S2/c1-30(2)33-12-17-46(48-20-22-49-23-26-53-27-24-49)19-18-44(7)36(39(33)46)9-8-35-38-31(3)28-37(42(4,5)34(38)13-14-43(35,44)6)32-10-15-45(16-11-32,40(50)51)29-52-41-47-21-25-54-41/h10,21,25,28,31,33-36,38-39,48H,1,8-9,11-20,22-24,26-27,29H2,2-7H3,(H,50,51)/t31-,33-,34+,35+,36+,38-,39+,43+,44+,45?,46-/m0/s1. The number of hydrogen-bond donors (Lipinski definition) is 2. The van der Waals surface area contributed by atoms with Gasteiger partial charge in [-0.1, -0.05) is 70.3 Å². The number of thiazole rings is 1. The van der Waals surface area contributed by atoms with E-state index in [1.165, 1.54) is 111 Å². The van der Waals surface area contributed by atoms with Gasteiger partial charge < -0.3 is 20.1 Å². The van der Waals surface area contributed by atoms with Crippen molar-refractivity contribution in [1.29, 1.82) is 0 Å². The maximum atomic E-state index is 12.7. The lowest BCUT2D eigenvalue weighted by Gasteiger charge is -2.70. The third-order valence-electron chi connectivity index (χ3n) is 17.7. The van der Waals surface area contributed by atoms with Gasteiger partial charge in [0.25, 0.3) is 5.19 Å². The van der Waals surface area contributed by atoms with Crippen LogP contribution in [0.15, 0.2) is 47.0 Å². The van der Waals surface area contributed by atoms with Crippen molar-refractivity contribution in [3.8, 4) is 5.19 Å². The van der Waals surface area contributed by atoms with Gasteiger partial charge in [0.2, 0.25) is 0 Å². The second-order valence-corrected chi connectivity index (χ2v) is 22.3. The summed E-state index contributed by atoms with van der Waals surface area (Å²) in [5.41, 5.74) is 4.46. The first-order valence-corrected chi connectivity index (χ1v) is 23.7. The Morgan fingerprint density at radius 3 is 2.46 bits per heavy atom. The van der Waals surface area contributed by atoms with Crippen molar-refractivity contribution in [2.24, 2.45) is 63.1 Å². The van der Waals surface area contributed by atoms with Crippen molar-refractivity contribution < 1.29 is 14.6 Å². The van der Waals surface area contributed by atoms with Gasteiger partial charge in [-0.15, -0.1) is 0 Å². The topological polar surface area (TPSA) is 74.7 Å². The molecule has 1 aromatic rings. The fourth-order valence-electron chi connectivity index (χ4n) is 14.5. The van der Waals surface area contributed by atoms with Crippen LogP contribution < -0.4 is 10.1 Å². The highest BCUT2D eigenvalue weighted by Gasteiger charge is 2.69. The Kier molecular flexibility index (Phi) is 10.6. The number of allylic oxidation sites excluding steroid dienone is 5. The number of nitrogens with one attached hydrogen (secondary N) is 1.